The molecule has 1 amide bonds. The fourth-order valence-corrected chi connectivity index (χ4v) is 1.48. The van der Waals surface area contributed by atoms with E-state index in [9.17, 15) is 9.18 Å². The van der Waals surface area contributed by atoms with Crippen molar-refractivity contribution >= 4 is 11.7 Å². The van der Waals surface area contributed by atoms with E-state index in [1.54, 1.807) is 12.1 Å². The predicted octanol–water partition coefficient (Wildman–Crippen LogP) is 1.18. The second-order valence-corrected chi connectivity index (χ2v) is 3.76. The number of halogens is 1. The molecule has 0 atom stereocenters. The number of amides is 1. The van der Waals surface area contributed by atoms with Gasteiger partial charge in [0.2, 0.25) is 0 Å². The van der Waals surface area contributed by atoms with Crippen LogP contribution in [0.15, 0.2) is 36.5 Å². The third-order valence-electron chi connectivity index (χ3n) is 2.36. The lowest BCUT2D eigenvalue weighted by Gasteiger charge is -2.05. The van der Waals surface area contributed by atoms with Crippen LogP contribution < -0.4 is 11.1 Å². The van der Waals surface area contributed by atoms with Crippen molar-refractivity contribution < 1.29 is 9.18 Å². The summed E-state index contributed by atoms with van der Waals surface area (Å²) in [4.78, 5) is 12.0. The SMILES string of the molecule is NCC#Cc1ccc(F)c(C(=O)Nc2cccnn2)c1. The topological polar surface area (TPSA) is 80.9 Å². The van der Waals surface area contributed by atoms with Crippen LogP contribution in [0.25, 0.3) is 0 Å². The van der Waals surface area contributed by atoms with Gasteiger partial charge in [-0.1, -0.05) is 11.8 Å². The van der Waals surface area contributed by atoms with E-state index in [1.165, 1.54) is 24.4 Å². The van der Waals surface area contributed by atoms with Crippen LogP contribution >= 0.6 is 0 Å². The Morgan fingerprint density at radius 2 is 2.25 bits per heavy atom. The average Bonchev–Trinajstić information content (AvgIpc) is 2.47. The van der Waals surface area contributed by atoms with Crippen molar-refractivity contribution in [1.82, 2.24) is 10.2 Å². The smallest absolute Gasteiger partial charge is 0.259 e. The Labute approximate surface area is 115 Å². The number of hydrogen-bond acceptors (Lipinski definition) is 4. The molecular weight excluding hydrogens is 259 g/mol. The predicted molar refractivity (Wildman–Crippen MR) is 72.3 cm³/mol. The quantitative estimate of drug-likeness (QED) is 0.803. The van der Waals surface area contributed by atoms with Gasteiger partial charge in [0.25, 0.3) is 5.91 Å². The highest BCUT2D eigenvalue weighted by Gasteiger charge is 2.13. The van der Waals surface area contributed by atoms with E-state index in [2.05, 4.69) is 27.4 Å². The standard InChI is InChI=1S/C14H11FN4O/c15-12-6-5-10(3-1-7-16)9-11(12)14(20)18-13-4-2-8-17-19-13/h2,4-6,8-9H,7,16H2,(H,18,19,20). The Kier molecular flexibility index (Phi) is 4.37. The van der Waals surface area contributed by atoms with E-state index < -0.39 is 11.7 Å². The number of carbonyl (C=O) groups is 1. The number of aromatic nitrogens is 2. The van der Waals surface area contributed by atoms with Crippen molar-refractivity contribution in [3.63, 3.8) is 0 Å². The molecular formula is C14H11FN4O. The molecule has 0 radical (unpaired) electrons. The van der Waals surface area contributed by atoms with Gasteiger partial charge in [0.05, 0.1) is 12.1 Å². The van der Waals surface area contributed by atoms with E-state index in [0.717, 1.165) is 0 Å². The highest BCUT2D eigenvalue weighted by molar-refractivity contribution is 6.04. The van der Waals surface area contributed by atoms with Crippen molar-refractivity contribution in [2.24, 2.45) is 5.73 Å². The van der Waals surface area contributed by atoms with E-state index in [-0.39, 0.29) is 17.9 Å². The minimum atomic E-state index is -0.635. The molecule has 0 spiro atoms. The molecule has 20 heavy (non-hydrogen) atoms. The lowest BCUT2D eigenvalue weighted by Crippen LogP contribution is -2.15. The highest BCUT2D eigenvalue weighted by atomic mass is 19.1. The van der Waals surface area contributed by atoms with E-state index in [0.29, 0.717) is 5.56 Å². The van der Waals surface area contributed by atoms with Gasteiger partial charge in [0.15, 0.2) is 5.82 Å². The maximum Gasteiger partial charge on any atom is 0.259 e. The number of anilines is 1. The summed E-state index contributed by atoms with van der Waals surface area (Å²) in [5, 5.41) is 9.77. The first-order valence-corrected chi connectivity index (χ1v) is 5.78. The molecule has 1 heterocycles. The lowest BCUT2D eigenvalue weighted by molar-refractivity contribution is 0.102. The summed E-state index contributed by atoms with van der Waals surface area (Å²) in [6, 6.07) is 7.20. The third kappa shape index (κ3) is 3.37. The third-order valence-corrected chi connectivity index (χ3v) is 2.36. The fourth-order valence-electron chi connectivity index (χ4n) is 1.48. The Hall–Kier alpha value is -2.78. The van der Waals surface area contributed by atoms with Gasteiger partial charge in [0.1, 0.15) is 5.82 Å². The van der Waals surface area contributed by atoms with Gasteiger partial charge in [0, 0.05) is 11.8 Å². The summed E-state index contributed by atoms with van der Waals surface area (Å²) in [5.41, 5.74) is 5.67. The summed E-state index contributed by atoms with van der Waals surface area (Å²) >= 11 is 0. The van der Waals surface area contributed by atoms with E-state index in [1.807, 2.05) is 0 Å². The van der Waals surface area contributed by atoms with Crippen LogP contribution in [0.3, 0.4) is 0 Å². The summed E-state index contributed by atoms with van der Waals surface area (Å²) in [6.45, 7) is 0.193. The van der Waals surface area contributed by atoms with Crippen LogP contribution in [0, 0.1) is 17.7 Å². The van der Waals surface area contributed by atoms with Crippen LogP contribution in [-0.4, -0.2) is 22.6 Å². The van der Waals surface area contributed by atoms with Crippen molar-refractivity contribution in [1.29, 1.82) is 0 Å². The molecule has 1 aromatic heterocycles. The molecule has 0 saturated carbocycles. The molecule has 0 saturated heterocycles. The molecule has 2 aromatic rings. The number of nitrogens with one attached hydrogen (secondary N) is 1. The zero-order valence-electron chi connectivity index (χ0n) is 10.4. The minimum absolute atomic E-state index is 0.112. The first-order valence-electron chi connectivity index (χ1n) is 5.78. The second kappa shape index (κ2) is 6.41. The summed E-state index contributed by atoms with van der Waals surface area (Å²) in [7, 11) is 0. The van der Waals surface area contributed by atoms with Gasteiger partial charge in [-0.05, 0) is 30.3 Å². The van der Waals surface area contributed by atoms with Crippen LogP contribution in [0.1, 0.15) is 15.9 Å². The van der Waals surface area contributed by atoms with Gasteiger partial charge in [-0.15, -0.1) is 5.10 Å². The molecule has 3 N–H and O–H groups in total. The summed E-state index contributed by atoms with van der Waals surface area (Å²) < 4.78 is 13.7. The largest absolute Gasteiger partial charge is 0.320 e. The number of carbonyl (C=O) groups excluding carboxylic acids is 1. The summed E-state index contributed by atoms with van der Waals surface area (Å²) in [5.74, 6) is 4.38. The van der Waals surface area contributed by atoms with Crippen LogP contribution in [0.4, 0.5) is 10.2 Å². The molecule has 0 aliphatic heterocycles. The van der Waals surface area contributed by atoms with Gasteiger partial charge in [-0.3, -0.25) is 4.79 Å². The number of nitrogens with zero attached hydrogens (tertiary/aromatic N) is 2. The molecule has 0 aliphatic rings. The van der Waals surface area contributed by atoms with Gasteiger partial charge >= 0.3 is 0 Å². The minimum Gasteiger partial charge on any atom is -0.320 e. The maximum atomic E-state index is 13.7. The Morgan fingerprint density at radius 3 is 2.95 bits per heavy atom. The van der Waals surface area contributed by atoms with Crippen molar-refractivity contribution in [3.8, 4) is 11.8 Å². The number of benzene rings is 1. The van der Waals surface area contributed by atoms with E-state index >= 15 is 0 Å². The Balaban J connectivity index is 2.25. The fraction of sp³-hybridized carbons (Fsp3) is 0.0714. The van der Waals surface area contributed by atoms with Crippen LogP contribution in [0.2, 0.25) is 0 Å². The zero-order chi connectivity index (χ0) is 14.4. The van der Waals surface area contributed by atoms with Crippen LogP contribution in [-0.2, 0) is 0 Å². The van der Waals surface area contributed by atoms with Crippen molar-refractivity contribution in [3.05, 3.63) is 53.5 Å². The molecule has 0 unspecified atom stereocenters. The first-order chi connectivity index (χ1) is 9.70. The molecule has 5 nitrogen and oxygen atoms in total. The second-order valence-electron chi connectivity index (χ2n) is 3.76. The number of rotatable bonds is 2. The first kappa shape index (κ1) is 13.6. The number of nitrogens with two attached hydrogens (primary N) is 1. The summed E-state index contributed by atoms with van der Waals surface area (Å²) in [6.07, 6.45) is 1.47. The van der Waals surface area contributed by atoms with Crippen LogP contribution in [0.5, 0.6) is 0 Å². The van der Waals surface area contributed by atoms with Gasteiger partial charge in [-0.2, -0.15) is 5.10 Å². The monoisotopic (exact) mass is 270 g/mol. The lowest BCUT2D eigenvalue weighted by atomic mass is 10.1. The highest BCUT2D eigenvalue weighted by Crippen LogP contribution is 2.12. The Morgan fingerprint density at radius 1 is 1.40 bits per heavy atom. The molecule has 0 fully saturated rings. The molecule has 100 valence electrons. The molecule has 0 aliphatic carbocycles. The van der Waals surface area contributed by atoms with Crippen molar-refractivity contribution in [2.45, 2.75) is 0 Å². The normalized spacial score (nSPS) is 9.50. The molecule has 6 heteroatoms. The van der Waals surface area contributed by atoms with Crippen molar-refractivity contribution in [2.75, 3.05) is 11.9 Å². The van der Waals surface area contributed by atoms with E-state index in [4.69, 9.17) is 5.73 Å². The Bertz CT molecular complexity index is 677. The average molecular weight is 270 g/mol. The zero-order valence-corrected chi connectivity index (χ0v) is 10.4. The van der Waals surface area contributed by atoms with Gasteiger partial charge < -0.3 is 11.1 Å². The van der Waals surface area contributed by atoms with Gasteiger partial charge in [-0.25, -0.2) is 4.39 Å². The number of hydrogen-bond donors (Lipinski definition) is 2. The molecule has 2 rings (SSSR count). The molecule has 0 bridgehead atoms. The molecule has 1 aromatic carbocycles. The maximum absolute atomic E-state index is 13.7.